The number of halogens is 2. The molecule has 1 aliphatic carbocycles. The molecule has 1 N–H and O–H groups in total. The monoisotopic (exact) mass is 432 g/mol. The molecule has 1 amide bonds. The van der Waals surface area contributed by atoms with Crippen LogP contribution >= 0.6 is 34.5 Å². The van der Waals surface area contributed by atoms with Crippen LogP contribution in [0.3, 0.4) is 0 Å². The van der Waals surface area contributed by atoms with Gasteiger partial charge < -0.3 is 14.8 Å². The zero-order valence-electron chi connectivity index (χ0n) is 14.5. The van der Waals surface area contributed by atoms with Crippen LogP contribution in [-0.2, 0) is 10.2 Å². The van der Waals surface area contributed by atoms with E-state index in [4.69, 9.17) is 32.7 Å². The van der Waals surface area contributed by atoms with E-state index < -0.39 is 5.41 Å². The van der Waals surface area contributed by atoms with Gasteiger partial charge in [0.2, 0.25) is 12.7 Å². The Hall–Kier alpha value is -2.28. The predicted molar refractivity (Wildman–Crippen MR) is 110 cm³/mol. The average molecular weight is 433 g/mol. The van der Waals surface area contributed by atoms with Crippen LogP contribution in [0.15, 0.2) is 41.8 Å². The van der Waals surface area contributed by atoms with Crippen LogP contribution < -0.4 is 14.8 Å². The number of rotatable bonds is 4. The van der Waals surface area contributed by atoms with Crippen molar-refractivity contribution in [3.63, 3.8) is 0 Å². The highest BCUT2D eigenvalue weighted by Gasteiger charge is 2.52. The highest BCUT2D eigenvalue weighted by Crippen LogP contribution is 2.51. The van der Waals surface area contributed by atoms with Gasteiger partial charge in [-0.3, -0.25) is 4.79 Å². The summed E-state index contributed by atoms with van der Waals surface area (Å²) in [5, 5.41) is 6.45. The topological polar surface area (TPSA) is 60.5 Å². The number of nitrogens with zero attached hydrogens (tertiary/aromatic N) is 1. The van der Waals surface area contributed by atoms with E-state index >= 15 is 0 Å². The second kappa shape index (κ2) is 6.65. The number of ether oxygens (including phenoxy) is 2. The van der Waals surface area contributed by atoms with E-state index in [-0.39, 0.29) is 12.7 Å². The van der Waals surface area contributed by atoms with Gasteiger partial charge in [0, 0.05) is 16.0 Å². The Labute approximate surface area is 175 Å². The smallest absolute Gasteiger partial charge is 0.236 e. The molecule has 28 heavy (non-hydrogen) atoms. The van der Waals surface area contributed by atoms with E-state index in [0.29, 0.717) is 32.4 Å². The minimum atomic E-state index is -0.537. The average Bonchev–Trinajstić information content (AvgIpc) is 3.14. The summed E-state index contributed by atoms with van der Waals surface area (Å²) in [7, 11) is 0. The number of fused-ring (bicyclic) bond motifs is 1. The Morgan fingerprint density at radius 1 is 1.11 bits per heavy atom. The summed E-state index contributed by atoms with van der Waals surface area (Å²) in [6.07, 6.45) is 1.58. The first-order valence-corrected chi connectivity index (χ1v) is 10.3. The van der Waals surface area contributed by atoms with Gasteiger partial charge in [-0.15, -0.1) is 11.3 Å². The van der Waals surface area contributed by atoms with Crippen LogP contribution in [0.25, 0.3) is 11.3 Å². The second-order valence-electron chi connectivity index (χ2n) is 6.77. The standard InChI is InChI=1S/C20H14Cl2N2O3S/c21-12-2-3-13(14(22)8-12)15-9-28-19(23-15)24-18(25)20(5-6-20)11-1-4-16-17(7-11)27-10-26-16/h1-4,7-9H,5-6,10H2,(H,23,24,25). The molecule has 1 fully saturated rings. The van der Waals surface area contributed by atoms with E-state index in [1.165, 1.54) is 11.3 Å². The molecule has 2 heterocycles. The van der Waals surface area contributed by atoms with Crippen molar-refractivity contribution in [2.45, 2.75) is 18.3 Å². The van der Waals surface area contributed by atoms with Crippen molar-refractivity contribution in [3.8, 4) is 22.8 Å². The third-order valence-electron chi connectivity index (χ3n) is 5.04. The molecule has 1 saturated carbocycles. The van der Waals surface area contributed by atoms with Crippen LogP contribution in [0, 0.1) is 0 Å². The molecular weight excluding hydrogens is 419 g/mol. The molecular formula is C20H14Cl2N2O3S. The fourth-order valence-corrected chi connectivity index (χ4v) is 4.55. The lowest BCUT2D eigenvalue weighted by Gasteiger charge is -2.15. The Morgan fingerprint density at radius 2 is 1.93 bits per heavy atom. The number of hydrogen-bond acceptors (Lipinski definition) is 5. The van der Waals surface area contributed by atoms with Crippen molar-refractivity contribution in [2.24, 2.45) is 0 Å². The number of aromatic nitrogens is 1. The van der Waals surface area contributed by atoms with Crippen LogP contribution in [0.4, 0.5) is 5.13 Å². The van der Waals surface area contributed by atoms with Crippen molar-refractivity contribution in [1.29, 1.82) is 0 Å². The zero-order chi connectivity index (χ0) is 19.3. The molecule has 142 valence electrons. The van der Waals surface area contributed by atoms with Crippen molar-refractivity contribution < 1.29 is 14.3 Å². The van der Waals surface area contributed by atoms with Crippen LogP contribution in [-0.4, -0.2) is 17.7 Å². The van der Waals surface area contributed by atoms with Crippen LogP contribution in [0.2, 0.25) is 10.0 Å². The highest BCUT2D eigenvalue weighted by atomic mass is 35.5. The molecule has 5 rings (SSSR count). The molecule has 8 heteroatoms. The number of hydrogen-bond donors (Lipinski definition) is 1. The maximum atomic E-state index is 13.0. The maximum absolute atomic E-state index is 13.0. The molecule has 0 atom stereocenters. The first kappa shape index (κ1) is 17.8. The van der Waals surface area contributed by atoms with E-state index in [2.05, 4.69) is 10.3 Å². The number of nitrogens with one attached hydrogen (secondary N) is 1. The van der Waals surface area contributed by atoms with Crippen LogP contribution in [0.5, 0.6) is 11.5 Å². The third-order valence-corrected chi connectivity index (χ3v) is 6.35. The molecule has 0 bridgehead atoms. The fourth-order valence-electron chi connectivity index (χ4n) is 3.33. The molecule has 1 aliphatic heterocycles. The lowest BCUT2D eigenvalue weighted by Crippen LogP contribution is -2.27. The van der Waals surface area contributed by atoms with Gasteiger partial charge in [0.25, 0.3) is 0 Å². The second-order valence-corrected chi connectivity index (χ2v) is 8.47. The van der Waals surface area contributed by atoms with Gasteiger partial charge in [-0.2, -0.15) is 0 Å². The first-order chi connectivity index (χ1) is 13.5. The summed E-state index contributed by atoms with van der Waals surface area (Å²) in [4.78, 5) is 17.5. The first-order valence-electron chi connectivity index (χ1n) is 8.68. The van der Waals surface area contributed by atoms with Gasteiger partial charge in [0.05, 0.1) is 16.1 Å². The third kappa shape index (κ3) is 3.02. The van der Waals surface area contributed by atoms with Crippen molar-refractivity contribution >= 4 is 45.6 Å². The van der Waals surface area contributed by atoms with E-state index in [1.54, 1.807) is 12.1 Å². The van der Waals surface area contributed by atoms with E-state index in [0.717, 1.165) is 24.0 Å². The van der Waals surface area contributed by atoms with E-state index in [1.807, 2.05) is 29.6 Å². The Kier molecular flexibility index (Phi) is 4.23. The number of carbonyl (C=O) groups excluding carboxylic acids is 1. The van der Waals surface area contributed by atoms with Crippen molar-refractivity contribution in [3.05, 3.63) is 57.4 Å². The predicted octanol–water partition coefficient (Wildman–Crippen LogP) is 5.52. The molecule has 0 saturated heterocycles. The molecule has 1 aromatic heterocycles. The number of benzene rings is 2. The summed E-state index contributed by atoms with van der Waals surface area (Å²) >= 11 is 13.6. The quantitative estimate of drug-likeness (QED) is 0.589. The molecule has 5 nitrogen and oxygen atoms in total. The van der Waals surface area contributed by atoms with Crippen molar-refractivity contribution in [2.75, 3.05) is 12.1 Å². The summed E-state index contributed by atoms with van der Waals surface area (Å²) in [5.41, 5.74) is 1.88. The Balaban J connectivity index is 1.37. The lowest BCUT2D eigenvalue weighted by molar-refractivity contribution is -0.118. The summed E-state index contributed by atoms with van der Waals surface area (Å²) < 4.78 is 10.8. The molecule has 2 aliphatic rings. The van der Waals surface area contributed by atoms with Crippen molar-refractivity contribution in [1.82, 2.24) is 4.98 Å². The van der Waals surface area contributed by atoms with E-state index in [9.17, 15) is 4.79 Å². The zero-order valence-corrected chi connectivity index (χ0v) is 16.8. The molecule has 3 aromatic rings. The molecule has 2 aromatic carbocycles. The summed E-state index contributed by atoms with van der Waals surface area (Å²) in [6, 6.07) is 10.9. The van der Waals surface area contributed by atoms with Crippen LogP contribution in [0.1, 0.15) is 18.4 Å². The number of thiazole rings is 1. The Bertz CT molecular complexity index is 1090. The lowest BCUT2D eigenvalue weighted by atomic mass is 9.94. The van der Waals surface area contributed by atoms with Gasteiger partial charge in [0.1, 0.15) is 0 Å². The van der Waals surface area contributed by atoms with Gasteiger partial charge in [-0.25, -0.2) is 4.98 Å². The fraction of sp³-hybridized carbons (Fsp3) is 0.200. The summed E-state index contributed by atoms with van der Waals surface area (Å²) in [6.45, 7) is 0.215. The molecule has 0 radical (unpaired) electrons. The number of amides is 1. The largest absolute Gasteiger partial charge is 0.454 e. The molecule has 0 unspecified atom stereocenters. The maximum Gasteiger partial charge on any atom is 0.236 e. The highest BCUT2D eigenvalue weighted by molar-refractivity contribution is 7.14. The van der Waals surface area contributed by atoms with Gasteiger partial charge in [-0.05, 0) is 48.7 Å². The SMILES string of the molecule is O=C(Nc1nc(-c2ccc(Cl)cc2Cl)cs1)C1(c2ccc3c(c2)OCO3)CC1. The molecule has 0 spiro atoms. The van der Waals surface area contributed by atoms with Gasteiger partial charge in [0.15, 0.2) is 16.6 Å². The van der Waals surface area contributed by atoms with Gasteiger partial charge >= 0.3 is 0 Å². The Morgan fingerprint density at radius 3 is 2.71 bits per heavy atom. The van der Waals surface area contributed by atoms with Gasteiger partial charge in [-0.1, -0.05) is 29.3 Å². The minimum Gasteiger partial charge on any atom is -0.454 e. The minimum absolute atomic E-state index is 0.0607. The normalized spacial score (nSPS) is 16.1. The summed E-state index contributed by atoms with van der Waals surface area (Å²) in [5.74, 6) is 1.34. The number of carbonyl (C=O) groups is 1. The number of anilines is 1.